The molecule has 0 bridgehead atoms. The Morgan fingerprint density at radius 2 is 1.76 bits per heavy atom. The lowest BCUT2D eigenvalue weighted by Crippen LogP contribution is -2.04. The van der Waals surface area contributed by atoms with Gasteiger partial charge in [0, 0.05) is 5.56 Å². The van der Waals surface area contributed by atoms with E-state index in [2.05, 4.69) is 4.99 Å². The van der Waals surface area contributed by atoms with Gasteiger partial charge in [0.1, 0.15) is 0 Å². The third kappa shape index (κ3) is 2.62. The van der Waals surface area contributed by atoms with Crippen molar-refractivity contribution in [2.24, 2.45) is 4.99 Å². The molecule has 0 saturated carbocycles. The van der Waals surface area contributed by atoms with Gasteiger partial charge in [0.2, 0.25) is 5.90 Å². The first kappa shape index (κ1) is 12.9. The molecular weight excluding hydrogens is 270 g/mol. The maximum atomic E-state index is 11.8. The molecule has 2 N–H and O–H groups in total. The van der Waals surface area contributed by atoms with Crippen molar-refractivity contribution in [1.29, 1.82) is 0 Å². The fourth-order valence-electron chi connectivity index (χ4n) is 1.90. The van der Waals surface area contributed by atoms with Gasteiger partial charge in [-0.15, -0.1) is 0 Å². The van der Waals surface area contributed by atoms with Gasteiger partial charge < -0.3 is 14.9 Å². The van der Waals surface area contributed by atoms with Crippen LogP contribution >= 0.6 is 0 Å². The second-order valence-electron chi connectivity index (χ2n) is 4.45. The van der Waals surface area contributed by atoms with Gasteiger partial charge in [-0.3, -0.25) is 0 Å². The van der Waals surface area contributed by atoms with Gasteiger partial charge in [-0.2, -0.15) is 0 Å². The molecule has 1 aliphatic heterocycles. The SMILES string of the molecule is O=C1OC(c2ccccc2)=NC1=Cc1ccc(O)c(O)c1. The minimum atomic E-state index is -0.554. The van der Waals surface area contributed by atoms with Crippen LogP contribution in [-0.2, 0) is 9.53 Å². The number of hydrogen-bond acceptors (Lipinski definition) is 5. The second-order valence-corrected chi connectivity index (χ2v) is 4.45. The van der Waals surface area contributed by atoms with Crippen molar-refractivity contribution in [3.63, 3.8) is 0 Å². The van der Waals surface area contributed by atoms with Crippen molar-refractivity contribution in [1.82, 2.24) is 0 Å². The minimum absolute atomic E-state index is 0.138. The number of carbonyl (C=O) groups excluding carboxylic acids is 1. The first-order chi connectivity index (χ1) is 10.1. The number of benzene rings is 2. The molecule has 0 radical (unpaired) electrons. The standard InChI is InChI=1S/C16H11NO4/c18-13-7-6-10(9-14(13)19)8-12-16(20)21-15(17-12)11-4-2-1-3-5-11/h1-9,18-19H. The number of rotatable bonds is 2. The Labute approximate surface area is 120 Å². The van der Waals surface area contributed by atoms with Gasteiger partial charge in [0.05, 0.1) is 0 Å². The summed E-state index contributed by atoms with van der Waals surface area (Å²) in [6.45, 7) is 0. The molecule has 0 aliphatic carbocycles. The first-order valence-corrected chi connectivity index (χ1v) is 6.23. The zero-order valence-electron chi connectivity index (χ0n) is 10.9. The first-order valence-electron chi connectivity index (χ1n) is 6.23. The summed E-state index contributed by atoms with van der Waals surface area (Å²) in [6.07, 6.45) is 1.48. The Hall–Kier alpha value is -3.08. The van der Waals surface area contributed by atoms with Crippen LogP contribution < -0.4 is 0 Å². The molecule has 0 fully saturated rings. The van der Waals surface area contributed by atoms with Gasteiger partial charge in [-0.1, -0.05) is 24.3 Å². The molecule has 5 nitrogen and oxygen atoms in total. The van der Waals surface area contributed by atoms with Crippen LogP contribution in [-0.4, -0.2) is 22.1 Å². The van der Waals surface area contributed by atoms with Crippen molar-refractivity contribution in [3.05, 3.63) is 65.4 Å². The Kier molecular flexibility index (Phi) is 3.16. The van der Waals surface area contributed by atoms with Crippen molar-refractivity contribution in [2.45, 2.75) is 0 Å². The van der Waals surface area contributed by atoms with E-state index in [-0.39, 0.29) is 23.1 Å². The van der Waals surface area contributed by atoms with Crippen LogP contribution in [0.1, 0.15) is 11.1 Å². The van der Waals surface area contributed by atoms with Crippen molar-refractivity contribution in [2.75, 3.05) is 0 Å². The smallest absolute Gasteiger partial charge is 0.363 e. The van der Waals surface area contributed by atoms with E-state index in [1.165, 1.54) is 18.2 Å². The summed E-state index contributed by atoms with van der Waals surface area (Å²) in [5, 5.41) is 18.7. The van der Waals surface area contributed by atoms with E-state index in [4.69, 9.17) is 4.74 Å². The highest BCUT2D eigenvalue weighted by Gasteiger charge is 2.23. The number of cyclic esters (lactones) is 1. The molecule has 0 saturated heterocycles. The molecular formula is C16H11NO4. The Balaban J connectivity index is 1.95. The third-order valence-corrected chi connectivity index (χ3v) is 2.94. The highest BCUT2D eigenvalue weighted by atomic mass is 16.6. The monoisotopic (exact) mass is 281 g/mol. The molecule has 2 aromatic rings. The number of aliphatic imine (C=N–C) groups is 1. The van der Waals surface area contributed by atoms with Crippen LogP contribution in [0.5, 0.6) is 11.5 Å². The lowest BCUT2D eigenvalue weighted by molar-refractivity contribution is -0.129. The van der Waals surface area contributed by atoms with Crippen molar-refractivity contribution >= 4 is 17.9 Å². The zero-order chi connectivity index (χ0) is 14.8. The molecule has 1 aliphatic rings. The molecule has 5 heteroatoms. The van der Waals surface area contributed by atoms with Crippen molar-refractivity contribution in [3.8, 4) is 11.5 Å². The maximum absolute atomic E-state index is 11.8. The summed E-state index contributed by atoms with van der Waals surface area (Å²) >= 11 is 0. The highest BCUT2D eigenvalue weighted by Crippen LogP contribution is 2.27. The van der Waals surface area contributed by atoms with Gasteiger partial charge in [0.15, 0.2) is 17.2 Å². The predicted octanol–water partition coefficient (Wildman–Crippen LogP) is 2.44. The van der Waals surface area contributed by atoms with Crippen LogP contribution in [0.2, 0.25) is 0 Å². The molecule has 0 amide bonds. The van der Waals surface area contributed by atoms with Gasteiger partial charge in [0.25, 0.3) is 0 Å². The molecule has 0 aromatic heterocycles. The van der Waals surface area contributed by atoms with E-state index in [9.17, 15) is 15.0 Å². The lowest BCUT2D eigenvalue weighted by atomic mass is 10.1. The number of hydrogen-bond donors (Lipinski definition) is 2. The van der Waals surface area contributed by atoms with E-state index < -0.39 is 5.97 Å². The average Bonchev–Trinajstić information content (AvgIpc) is 2.85. The second kappa shape index (κ2) is 5.13. The highest BCUT2D eigenvalue weighted by molar-refractivity contribution is 6.12. The van der Waals surface area contributed by atoms with Crippen LogP contribution in [0.15, 0.2) is 59.2 Å². The normalized spacial score (nSPS) is 15.9. The molecule has 21 heavy (non-hydrogen) atoms. The largest absolute Gasteiger partial charge is 0.504 e. The molecule has 0 unspecified atom stereocenters. The van der Waals surface area contributed by atoms with E-state index in [1.807, 2.05) is 18.2 Å². The summed E-state index contributed by atoms with van der Waals surface area (Å²) in [4.78, 5) is 15.9. The van der Waals surface area contributed by atoms with Crippen LogP contribution in [0.4, 0.5) is 0 Å². The number of phenols is 2. The summed E-state index contributed by atoms with van der Waals surface area (Å²) in [7, 11) is 0. The van der Waals surface area contributed by atoms with E-state index in [0.29, 0.717) is 11.1 Å². The predicted molar refractivity (Wildman–Crippen MR) is 76.8 cm³/mol. The number of nitrogens with zero attached hydrogens (tertiary/aromatic N) is 1. The molecule has 2 aromatic carbocycles. The van der Waals surface area contributed by atoms with Gasteiger partial charge in [-0.05, 0) is 35.9 Å². The Morgan fingerprint density at radius 1 is 1.00 bits per heavy atom. The molecule has 0 atom stereocenters. The quantitative estimate of drug-likeness (QED) is 0.503. The number of phenolic OH excluding ortho intramolecular Hbond substituents is 2. The summed E-state index contributed by atoms with van der Waals surface area (Å²) < 4.78 is 5.12. The van der Waals surface area contributed by atoms with E-state index in [0.717, 1.165) is 0 Å². The van der Waals surface area contributed by atoms with Crippen LogP contribution in [0.3, 0.4) is 0 Å². The Bertz CT molecular complexity index is 763. The van der Waals surface area contributed by atoms with Crippen LogP contribution in [0.25, 0.3) is 6.08 Å². The molecule has 1 heterocycles. The minimum Gasteiger partial charge on any atom is -0.504 e. The lowest BCUT2D eigenvalue weighted by Gasteiger charge is -1.98. The van der Waals surface area contributed by atoms with Gasteiger partial charge >= 0.3 is 5.97 Å². The maximum Gasteiger partial charge on any atom is 0.363 e. The molecule has 104 valence electrons. The fraction of sp³-hybridized carbons (Fsp3) is 0. The summed E-state index contributed by atoms with van der Waals surface area (Å²) in [6, 6.07) is 13.3. The van der Waals surface area contributed by atoms with Crippen molar-refractivity contribution < 1.29 is 19.7 Å². The summed E-state index contributed by atoms with van der Waals surface area (Å²) in [5.41, 5.74) is 1.39. The number of aromatic hydroxyl groups is 2. The number of esters is 1. The third-order valence-electron chi connectivity index (χ3n) is 2.94. The Morgan fingerprint density at radius 3 is 2.48 bits per heavy atom. The fourth-order valence-corrected chi connectivity index (χ4v) is 1.90. The topological polar surface area (TPSA) is 79.1 Å². The number of carbonyl (C=O) groups is 1. The zero-order valence-corrected chi connectivity index (χ0v) is 10.9. The van der Waals surface area contributed by atoms with Crippen LogP contribution in [0, 0.1) is 0 Å². The average molecular weight is 281 g/mol. The summed E-state index contributed by atoms with van der Waals surface area (Å²) in [5.74, 6) is -0.793. The van der Waals surface area contributed by atoms with E-state index >= 15 is 0 Å². The molecule has 0 spiro atoms. The molecule has 3 rings (SSSR count). The van der Waals surface area contributed by atoms with Gasteiger partial charge in [-0.25, -0.2) is 9.79 Å². The number of ether oxygens (including phenoxy) is 1. The van der Waals surface area contributed by atoms with E-state index in [1.54, 1.807) is 18.2 Å².